The quantitative estimate of drug-likeness (QED) is 0.737. The molecule has 0 atom stereocenters. The Morgan fingerprint density at radius 3 is 2.82 bits per heavy atom. The summed E-state index contributed by atoms with van der Waals surface area (Å²) in [7, 11) is 0. The minimum atomic E-state index is 0.321. The summed E-state index contributed by atoms with van der Waals surface area (Å²) in [5, 5.41) is 1.19. The van der Waals surface area contributed by atoms with Gasteiger partial charge in [-0.2, -0.15) is 0 Å². The normalized spacial score (nSPS) is 19.1. The molecule has 2 nitrogen and oxygen atoms in total. The van der Waals surface area contributed by atoms with Crippen LogP contribution in [0.15, 0.2) is 36.0 Å². The number of para-hydroxylation sites is 1. The second-order valence-corrected chi connectivity index (χ2v) is 4.59. The first-order chi connectivity index (χ1) is 8.34. The molecule has 2 heteroatoms. The number of aromatic amines is 1. The molecule has 0 bridgehead atoms. The summed E-state index contributed by atoms with van der Waals surface area (Å²) < 4.78 is 0. The second kappa shape index (κ2) is 4.21. The summed E-state index contributed by atoms with van der Waals surface area (Å²) in [6, 6.07) is 8.19. The van der Waals surface area contributed by atoms with E-state index in [0.29, 0.717) is 12.2 Å². The van der Waals surface area contributed by atoms with Crippen molar-refractivity contribution >= 4 is 22.8 Å². The van der Waals surface area contributed by atoms with Gasteiger partial charge in [-0.15, -0.1) is 0 Å². The Kier molecular flexibility index (Phi) is 2.56. The number of allylic oxidation sites excluding steroid dienone is 1. The molecule has 0 spiro atoms. The highest BCUT2D eigenvalue weighted by molar-refractivity contribution is 6.02. The van der Waals surface area contributed by atoms with Crippen LogP contribution >= 0.6 is 0 Å². The van der Waals surface area contributed by atoms with Gasteiger partial charge < -0.3 is 4.98 Å². The molecular weight excluding hydrogens is 210 g/mol. The van der Waals surface area contributed by atoms with Crippen LogP contribution in [0.5, 0.6) is 0 Å². The number of fused-ring (bicyclic) bond motifs is 1. The fraction of sp³-hybridized carbons (Fsp3) is 0.267. The SMILES string of the molecule is O=C1CCCC/C1=C\c1c[nH]c2ccccc12. The Labute approximate surface area is 100 Å². The van der Waals surface area contributed by atoms with E-state index in [9.17, 15) is 4.79 Å². The van der Waals surface area contributed by atoms with Gasteiger partial charge in [-0.1, -0.05) is 18.2 Å². The molecule has 17 heavy (non-hydrogen) atoms. The topological polar surface area (TPSA) is 32.9 Å². The third-order valence-corrected chi connectivity index (χ3v) is 3.41. The number of carbonyl (C=O) groups is 1. The maximum atomic E-state index is 11.8. The number of carbonyl (C=O) groups excluding carboxylic acids is 1. The van der Waals surface area contributed by atoms with Crippen molar-refractivity contribution in [3.05, 3.63) is 41.6 Å². The van der Waals surface area contributed by atoms with Crippen LogP contribution in [0.3, 0.4) is 0 Å². The number of ketones is 1. The second-order valence-electron chi connectivity index (χ2n) is 4.59. The molecule has 0 radical (unpaired) electrons. The first-order valence-electron chi connectivity index (χ1n) is 6.14. The zero-order valence-electron chi connectivity index (χ0n) is 9.70. The third kappa shape index (κ3) is 1.91. The Bertz CT molecular complexity index is 592. The number of hydrogen-bond acceptors (Lipinski definition) is 1. The minimum Gasteiger partial charge on any atom is -0.361 e. The van der Waals surface area contributed by atoms with Gasteiger partial charge in [-0.25, -0.2) is 0 Å². The van der Waals surface area contributed by atoms with Crippen molar-refractivity contribution in [2.45, 2.75) is 25.7 Å². The van der Waals surface area contributed by atoms with Crippen LogP contribution in [0.1, 0.15) is 31.2 Å². The summed E-state index contributed by atoms with van der Waals surface area (Å²) in [5.74, 6) is 0.321. The number of H-pyrrole nitrogens is 1. The fourth-order valence-corrected chi connectivity index (χ4v) is 2.45. The van der Waals surface area contributed by atoms with E-state index in [0.717, 1.165) is 35.9 Å². The summed E-state index contributed by atoms with van der Waals surface area (Å²) in [5.41, 5.74) is 3.24. The molecule has 2 aromatic rings. The monoisotopic (exact) mass is 225 g/mol. The molecule has 1 N–H and O–H groups in total. The molecule has 1 aliphatic rings. The standard InChI is InChI=1S/C15H15NO/c17-15-8-4-1-5-11(15)9-12-10-16-14-7-3-2-6-13(12)14/h2-3,6-7,9-10,16H,1,4-5,8H2/b11-9+. The number of nitrogens with one attached hydrogen (secondary N) is 1. The highest BCUT2D eigenvalue weighted by atomic mass is 16.1. The Hall–Kier alpha value is -1.83. The van der Waals surface area contributed by atoms with E-state index in [1.54, 1.807) is 0 Å². The van der Waals surface area contributed by atoms with Crippen molar-refractivity contribution in [1.29, 1.82) is 0 Å². The van der Waals surface area contributed by atoms with E-state index in [1.165, 1.54) is 5.39 Å². The Morgan fingerprint density at radius 1 is 1.12 bits per heavy atom. The number of aromatic nitrogens is 1. The van der Waals surface area contributed by atoms with E-state index < -0.39 is 0 Å². The first-order valence-corrected chi connectivity index (χ1v) is 6.14. The van der Waals surface area contributed by atoms with Crippen molar-refractivity contribution in [3.8, 4) is 0 Å². The van der Waals surface area contributed by atoms with Crippen LogP contribution in [0.2, 0.25) is 0 Å². The van der Waals surface area contributed by atoms with E-state index in [2.05, 4.69) is 23.2 Å². The van der Waals surface area contributed by atoms with Gasteiger partial charge in [0.1, 0.15) is 0 Å². The van der Waals surface area contributed by atoms with Gasteiger partial charge in [-0.05, 0) is 37.0 Å². The van der Waals surface area contributed by atoms with Crippen molar-refractivity contribution in [3.63, 3.8) is 0 Å². The molecule has 0 aliphatic heterocycles. The van der Waals surface area contributed by atoms with Crippen LogP contribution < -0.4 is 0 Å². The molecule has 1 saturated carbocycles. The molecule has 3 rings (SSSR count). The van der Waals surface area contributed by atoms with Gasteiger partial charge >= 0.3 is 0 Å². The van der Waals surface area contributed by atoms with Gasteiger partial charge in [0.25, 0.3) is 0 Å². The van der Waals surface area contributed by atoms with Gasteiger partial charge in [0.05, 0.1) is 0 Å². The molecule has 1 heterocycles. The minimum absolute atomic E-state index is 0.321. The summed E-state index contributed by atoms with van der Waals surface area (Å²) >= 11 is 0. The molecule has 0 amide bonds. The van der Waals surface area contributed by atoms with Crippen LogP contribution in [0, 0.1) is 0 Å². The molecule has 1 aliphatic carbocycles. The highest BCUT2D eigenvalue weighted by Crippen LogP contribution is 2.25. The van der Waals surface area contributed by atoms with Crippen molar-refractivity contribution < 1.29 is 4.79 Å². The van der Waals surface area contributed by atoms with Gasteiger partial charge in [0.2, 0.25) is 0 Å². The third-order valence-electron chi connectivity index (χ3n) is 3.41. The van der Waals surface area contributed by atoms with Crippen LogP contribution in [0.25, 0.3) is 17.0 Å². The Morgan fingerprint density at radius 2 is 1.94 bits per heavy atom. The van der Waals surface area contributed by atoms with Crippen LogP contribution in [0.4, 0.5) is 0 Å². The zero-order valence-corrected chi connectivity index (χ0v) is 9.70. The van der Waals surface area contributed by atoms with E-state index in [-0.39, 0.29) is 0 Å². The highest BCUT2D eigenvalue weighted by Gasteiger charge is 2.15. The first kappa shape index (κ1) is 10.3. The lowest BCUT2D eigenvalue weighted by Gasteiger charge is -2.11. The van der Waals surface area contributed by atoms with Crippen molar-refractivity contribution in [2.24, 2.45) is 0 Å². The smallest absolute Gasteiger partial charge is 0.158 e. The fourth-order valence-electron chi connectivity index (χ4n) is 2.45. The lowest BCUT2D eigenvalue weighted by Crippen LogP contribution is -2.07. The van der Waals surface area contributed by atoms with Gasteiger partial charge in [-0.3, -0.25) is 4.79 Å². The average molecular weight is 225 g/mol. The molecule has 1 aromatic carbocycles. The molecule has 0 saturated heterocycles. The lowest BCUT2D eigenvalue weighted by molar-refractivity contribution is -0.116. The van der Waals surface area contributed by atoms with Crippen molar-refractivity contribution in [2.75, 3.05) is 0 Å². The molecular formula is C15H15NO. The average Bonchev–Trinajstić information content (AvgIpc) is 2.76. The molecule has 86 valence electrons. The number of hydrogen-bond donors (Lipinski definition) is 1. The summed E-state index contributed by atoms with van der Waals surface area (Å²) in [6.45, 7) is 0. The number of Topliss-reactive ketones (excluding diaryl/α,β-unsaturated/α-hetero) is 1. The number of rotatable bonds is 1. The maximum Gasteiger partial charge on any atom is 0.158 e. The van der Waals surface area contributed by atoms with E-state index in [4.69, 9.17) is 0 Å². The van der Waals surface area contributed by atoms with Crippen LogP contribution in [-0.4, -0.2) is 10.8 Å². The maximum absolute atomic E-state index is 11.8. The van der Waals surface area contributed by atoms with E-state index >= 15 is 0 Å². The van der Waals surface area contributed by atoms with Crippen LogP contribution in [-0.2, 0) is 4.79 Å². The molecule has 1 aromatic heterocycles. The predicted octanol–water partition coefficient (Wildman–Crippen LogP) is 3.69. The number of benzene rings is 1. The predicted molar refractivity (Wildman–Crippen MR) is 69.8 cm³/mol. The largest absolute Gasteiger partial charge is 0.361 e. The summed E-state index contributed by atoms with van der Waals surface area (Å²) in [4.78, 5) is 15.0. The van der Waals surface area contributed by atoms with Gasteiger partial charge in [0.15, 0.2) is 5.78 Å². The van der Waals surface area contributed by atoms with E-state index in [1.807, 2.05) is 18.3 Å². The molecule has 0 unspecified atom stereocenters. The lowest BCUT2D eigenvalue weighted by atomic mass is 9.92. The van der Waals surface area contributed by atoms with Crippen molar-refractivity contribution in [1.82, 2.24) is 4.98 Å². The molecule has 1 fully saturated rings. The summed E-state index contributed by atoms with van der Waals surface area (Å²) in [6.07, 6.45) is 7.87. The zero-order chi connectivity index (χ0) is 11.7. The van der Waals surface area contributed by atoms with Gasteiger partial charge in [0, 0.05) is 29.1 Å². The Balaban J connectivity index is 2.04.